The molecule has 0 saturated heterocycles. The molecular weight excluding hydrogens is 254 g/mol. The fourth-order valence-corrected chi connectivity index (χ4v) is 1.79. The lowest BCUT2D eigenvalue weighted by molar-refractivity contribution is 0.101. The number of benzene rings is 1. The van der Waals surface area contributed by atoms with Crippen LogP contribution in [0, 0.1) is 0 Å². The number of hydrogen-bond donors (Lipinski definition) is 0. The van der Waals surface area contributed by atoms with Crippen LogP contribution in [0.1, 0.15) is 17.3 Å². The SMILES string of the molecule is CC(=O)c1ccc(-c2nc(-c3ccccn3)no2)cc1. The van der Waals surface area contributed by atoms with Gasteiger partial charge in [-0.2, -0.15) is 4.98 Å². The molecule has 0 saturated carbocycles. The monoisotopic (exact) mass is 265 g/mol. The fourth-order valence-electron chi connectivity index (χ4n) is 1.79. The maximum Gasteiger partial charge on any atom is 0.258 e. The summed E-state index contributed by atoms with van der Waals surface area (Å²) in [5, 5.41) is 3.90. The Morgan fingerprint density at radius 2 is 1.90 bits per heavy atom. The van der Waals surface area contributed by atoms with Crippen LogP contribution in [0.15, 0.2) is 53.2 Å². The van der Waals surface area contributed by atoms with E-state index >= 15 is 0 Å². The van der Waals surface area contributed by atoms with Crippen molar-refractivity contribution in [3.63, 3.8) is 0 Å². The summed E-state index contributed by atoms with van der Waals surface area (Å²) in [4.78, 5) is 19.7. The van der Waals surface area contributed by atoms with E-state index < -0.39 is 0 Å². The standard InChI is InChI=1S/C15H11N3O2/c1-10(19)11-5-7-12(8-6-11)15-17-14(18-20-15)13-4-2-3-9-16-13/h2-9H,1H3. The van der Waals surface area contributed by atoms with Gasteiger partial charge in [-0.25, -0.2) is 0 Å². The van der Waals surface area contributed by atoms with Crippen molar-refractivity contribution in [2.75, 3.05) is 0 Å². The first-order chi connectivity index (χ1) is 9.74. The second kappa shape index (κ2) is 5.05. The highest BCUT2D eigenvalue weighted by molar-refractivity contribution is 5.94. The van der Waals surface area contributed by atoms with E-state index in [-0.39, 0.29) is 5.78 Å². The summed E-state index contributed by atoms with van der Waals surface area (Å²) in [7, 11) is 0. The number of pyridine rings is 1. The lowest BCUT2D eigenvalue weighted by atomic mass is 10.1. The number of carbonyl (C=O) groups excluding carboxylic acids is 1. The minimum Gasteiger partial charge on any atom is -0.334 e. The lowest BCUT2D eigenvalue weighted by Gasteiger charge is -1.96. The minimum absolute atomic E-state index is 0.0243. The van der Waals surface area contributed by atoms with Crippen LogP contribution in [-0.4, -0.2) is 20.9 Å². The van der Waals surface area contributed by atoms with Gasteiger partial charge in [-0.1, -0.05) is 23.4 Å². The molecule has 5 nitrogen and oxygen atoms in total. The third-order valence-electron chi connectivity index (χ3n) is 2.86. The van der Waals surface area contributed by atoms with Crippen LogP contribution in [0.5, 0.6) is 0 Å². The quantitative estimate of drug-likeness (QED) is 0.681. The highest BCUT2D eigenvalue weighted by atomic mass is 16.5. The van der Waals surface area contributed by atoms with Crippen molar-refractivity contribution < 1.29 is 9.32 Å². The van der Waals surface area contributed by atoms with Crippen molar-refractivity contribution in [3.05, 3.63) is 54.2 Å². The largest absolute Gasteiger partial charge is 0.334 e. The number of nitrogens with zero attached hydrogens (tertiary/aromatic N) is 3. The van der Waals surface area contributed by atoms with E-state index in [4.69, 9.17) is 4.52 Å². The number of Topliss-reactive ketones (excluding diaryl/α,β-unsaturated/α-hetero) is 1. The Hall–Kier alpha value is -2.82. The molecule has 1 aromatic carbocycles. The molecule has 0 atom stereocenters. The lowest BCUT2D eigenvalue weighted by Crippen LogP contribution is -1.90. The van der Waals surface area contributed by atoms with Gasteiger partial charge < -0.3 is 4.52 Å². The second-order valence-corrected chi connectivity index (χ2v) is 4.27. The van der Waals surface area contributed by atoms with Crippen molar-refractivity contribution in [2.45, 2.75) is 6.92 Å². The summed E-state index contributed by atoms with van der Waals surface area (Å²) in [6.45, 7) is 1.53. The van der Waals surface area contributed by atoms with Crippen molar-refractivity contribution in [3.8, 4) is 23.0 Å². The summed E-state index contributed by atoms with van der Waals surface area (Å²) in [6.07, 6.45) is 1.67. The van der Waals surface area contributed by atoms with Crippen LogP contribution in [0.3, 0.4) is 0 Å². The van der Waals surface area contributed by atoms with E-state index in [2.05, 4.69) is 15.1 Å². The Balaban J connectivity index is 1.92. The van der Waals surface area contributed by atoms with Crippen LogP contribution in [0.4, 0.5) is 0 Å². The van der Waals surface area contributed by atoms with Gasteiger partial charge in [-0.05, 0) is 31.2 Å². The van der Waals surface area contributed by atoms with Crippen molar-refractivity contribution in [2.24, 2.45) is 0 Å². The number of ketones is 1. The first-order valence-electron chi connectivity index (χ1n) is 6.10. The smallest absolute Gasteiger partial charge is 0.258 e. The molecule has 0 bridgehead atoms. The van der Waals surface area contributed by atoms with E-state index in [9.17, 15) is 4.79 Å². The van der Waals surface area contributed by atoms with Gasteiger partial charge >= 0.3 is 0 Å². The van der Waals surface area contributed by atoms with Crippen LogP contribution in [0.2, 0.25) is 0 Å². The molecule has 0 radical (unpaired) electrons. The van der Waals surface area contributed by atoms with E-state index in [0.717, 1.165) is 5.56 Å². The van der Waals surface area contributed by atoms with Crippen LogP contribution < -0.4 is 0 Å². The van der Waals surface area contributed by atoms with Gasteiger partial charge in [0.25, 0.3) is 5.89 Å². The van der Waals surface area contributed by atoms with Crippen LogP contribution in [-0.2, 0) is 0 Å². The van der Waals surface area contributed by atoms with Gasteiger partial charge in [0.15, 0.2) is 5.78 Å². The molecular formula is C15H11N3O2. The summed E-state index contributed by atoms with van der Waals surface area (Å²) in [5.74, 6) is 0.869. The van der Waals surface area contributed by atoms with Crippen LogP contribution in [0.25, 0.3) is 23.0 Å². The van der Waals surface area contributed by atoms with Crippen molar-refractivity contribution in [1.29, 1.82) is 0 Å². The number of aromatic nitrogens is 3. The van der Waals surface area contributed by atoms with Gasteiger partial charge in [0.1, 0.15) is 5.69 Å². The van der Waals surface area contributed by atoms with Gasteiger partial charge in [-0.3, -0.25) is 9.78 Å². The Kier molecular flexibility index (Phi) is 3.09. The van der Waals surface area contributed by atoms with Crippen LogP contribution >= 0.6 is 0 Å². The Morgan fingerprint density at radius 3 is 2.55 bits per heavy atom. The van der Waals surface area contributed by atoms with Gasteiger partial charge in [0, 0.05) is 17.3 Å². The van der Waals surface area contributed by atoms with Crippen molar-refractivity contribution in [1.82, 2.24) is 15.1 Å². The Bertz CT molecular complexity index is 733. The zero-order chi connectivity index (χ0) is 13.9. The fraction of sp³-hybridized carbons (Fsp3) is 0.0667. The van der Waals surface area contributed by atoms with E-state index in [1.807, 2.05) is 18.2 Å². The van der Waals surface area contributed by atoms with E-state index in [1.54, 1.807) is 30.5 Å². The molecule has 3 rings (SSSR count). The first kappa shape index (κ1) is 12.2. The normalized spacial score (nSPS) is 10.4. The number of hydrogen-bond acceptors (Lipinski definition) is 5. The van der Waals surface area contributed by atoms with Crippen molar-refractivity contribution >= 4 is 5.78 Å². The van der Waals surface area contributed by atoms with Gasteiger partial charge in [-0.15, -0.1) is 0 Å². The molecule has 0 aliphatic rings. The second-order valence-electron chi connectivity index (χ2n) is 4.27. The van der Waals surface area contributed by atoms with Gasteiger partial charge in [0.05, 0.1) is 0 Å². The summed E-state index contributed by atoms with van der Waals surface area (Å²) in [6, 6.07) is 12.5. The predicted molar refractivity (Wildman–Crippen MR) is 73.0 cm³/mol. The summed E-state index contributed by atoms with van der Waals surface area (Å²) in [5.41, 5.74) is 2.07. The van der Waals surface area contributed by atoms with Gasteiger partial charge in [0.2, 0.25) is 5.82 Å². The molecule has 0 fully saturated rings. The molecule has 0 spiro atoms. The highest BCUT2D eigenvalue weighted by Crippen LogP contribution is 2.21. The predicted octanol–water partition coefficient (Wildman–Crippen LogP) is 3.00. The summed E-state index contributed by atoms with van der Waals surface area (Å²) < 4.78 is 5.22. The molecule has 2 heterocycles. The van der Waals surface area contributed by atoms with E-state index in [1.165, 1.54) is 6.92 Å². The number of carbonyl (C=O) groups is 1. The summed E-state index contributed by atoms with van der Waals surface area (Å²) >= 11 is 0. The number of rotatable bonds is 3. The molecule has 0 aliphatic heterocycles. The van der Waals surface area contributed by atoms with E-state index in [0.29, 0.717) is 23.0 Å². The molecule has 0 unspecified atom stereocenters. The molecule has 0 aliphatic carbocycles. The Labute approximate surface area is 115 Å². The zero-order valence-corrected chi connectivity index (χ0v) is 10.8. The maximum atomic E-state index is 11.2. The zero-order valence-electron chi connectivity index (χ0n) is 10.8. The average molecular weight is 265 g/mol. The molecule has 98 valence electrons. The average Bonchev–Trinajstić information content (AvgIpc) is 2.98. The molecule has 5 heteroatoms. The third kappa shape index (κ3) is 2.33. The Morgan fingerprint density at radius 1 is 1.10 bits per heavy atom. The maximum absolute atomic E-state index is 11.2. The highest BCUT2D eigenvalue weighted by Gasteiger charge is 2.11. The molecule has 3 aromatic rings. The molecule has 20 heavy (non-hydrogen) atoms. The molecule has 0 N–H and O–H groups in total. The topological polar surface area (TPSA) is 68.9 Å². The third-order valence-corrected chi connectivity index (χ3v) is 2.86. The first-order valence-corrected chi connectivity index (χ1v) is 6.10. The molecule has 2 aromatic heterocycles. The molecule has 0 amide bonds. The minimum atomic E-state index is 0.0243.